The molecule has 1 aromatic heterocycles. The molecule has 0 saturated heterocycles. The Morgan fingerprint density at radius 2 is 2.21 bits per heavy atom. The first-order chi connectivity index (χ1) is 6.49. The number of aromatic nitrogens is 1. The molecule has 0 atom stereocenters. The summed E-state index contributed by atoms with van der Waals surface area (Å²) in [6.45, 7) is 6.47. The first-order valence-electron chi connectivity index (χ1n) is 4.56. The Labute approximate surface area is 84.1 Å². The Morgan fingerprint density at radius 1 is 1.50 bits per heavy atom. The van der Waals surface area contributed by atoms with Crippen molar-refractivity contribution in [2.24, 2.45) is 5.41 Å². The quantitative estimate of drug-likeness (QED) is 0.676. The van der Waals surface area contributed by atoms with E-state index in [-0.39, 0.29) is 11.4 Å². The van der Waals surface area contributed by atoms with Crippen LogP contribution in [0, 0.1) is 5.41 Å². The number of pyridine rings is 1. The minimum atomic E-state index is -0.312. The van der Waals surface area contributed by atoms with Gasteiger partial charge in [-0.1, -0.05) is 20.8 Å². The van der Waals surface area contributed by atoms with Crippen molar-refractivity contribution in [2.45, 2.75) is 20.8 Å². The molecule has 0 fully saturated rings. The van der Waals surface area contributed by atoms with Gasteiger partial charge in [-0.3, -0.25) is 4.98 Å². The van der Waals surface area contributed by atoms with Crippen LogP contribution < -0.4 is 0 Å². The van der Waals surface area contributed by atoms with Gasteiger partial charge < -0.3 is 4.74 Å². The van der Waals surface area contributed by atoms with E-state index in [0.717, 1.165) is 0 Å². The van der Waals surface area contributed by atoms with Crippen molar-refractivity contribution in [1.29, 1.82) is 0 Å². The molecule has 1 aromatic rings. The maximum Gasteiger partial charge on any atom is 0.339 e. The van der Waals surface area contributed by atoms with E-state index in [0.29, 0.717) is 12.2 Å². The van der Waals surface area contributed by atoms with E-state index < -0.39 is 0 Å². The van der Waals surface area contributed by atoms with Crippen molar-refractivity contribution in [2.75, 3.05) is 6.61 Å². The zero-order valence-electron chi connectivity index (χ0n) is 8.78. The molecule has 1 heterocycles. The van der Waals surface area contributed by atoms with Crippen LogP contribution in [0.1, 0.15) is 31.1 Å². The fraction of sp³-hybridized carbons (Fsp3) is 0.455. The maximum atomic E-state index is 11.4. The summed E-state index contributed by atoms with van der Waals surface area (Å²) in [6.07, 6.45) is 3.13. The molecule has 0 N–H and O–H groups in total. The topological polar surface area (TPSA) is 39.2 Å². The summed E-state index contributed by atoms with van der Waals surface area (Å²) in [4.78, 5) is 15.3. The second kappa shape index (κ2) is 4.22. The molecule has 3 heteroatoms. The summed E-state index contributed by atoms with van der Waals surface area (Å²) >= 11 is 0. The van der Waals surface area contributed by atoms with Crippen LogP contribution in [0.15, 0.2) is 24.5 Å². The van der Waals surface area contributed by atoms with E-state index in [1.165, 1.54) is 6.20 Å². The number of carbonyl (C=O) groups excluding carboxylic acids is 1. The number of hydrogen-bond acceptors (Lipinski definition) is 3. The molecule has 14 heavy (non-hydrogen) atoms. The normalized spacial score (nSPS) is 11.1. The molecule has 0 saturated carbocycles. The summed E-state index contributed by atoms with van der Waals surface area (Å²) in [6, 6.07) is 3.41. The van der Waals surface area contributed by atoms with E-state index in [1.807, 2.05) is 20.8 Å². The summed E-state index contributed by atoms with van der Waals surface area (Å²) in [5.74, 6) is -0.312. The zero-order valence-corrected chi connectivity index (χ0v) is 8.78. The molecule has 0 aliphatic carbocycles. The molecule has 0 spiro atoms. The lowest BCUT2D eigenvalue weighted by Crippen LogP contribution is -2.18. The van der Waals surface area contributed by atoms with Gasteiger partial charge in [0.2, 0.25) is 0 Å². The third-order valence-electron chi connectivity index (χ3n) is 1.53. The van der Waals surface area contributed by atoms with Crippen molar-refractivity contribution < 1.29 is 9.53 Å². The number of esters is 1. The molecule has 0 unspecified atom stereocenters. The first kappa shape index (κ1) is 10.7. The molecule has 0 bridgehead atoms. The van der Waals surface area contributed by atoms with E-state index in [1.54, 1.807) is 18.3 Å². The molecule has 0 aliphatic rings. The molecule has 0 radical (unpaired) electrons. The van der Waals surface area contributed by atoms with E-state index in [2.05, 4.69) is 4.98 Å². The molecule has 3 nitrogen and oxygen atoms in total. The highest BCUT2D eigenvalue weighted by Crippen LogP contribution is 2.13. The second-order valence-corrected chi connectivity index (χ2v) is 4.38. The Kier molecular flexibility index (Phi) is 3.23. The molecule has 0 aliphatic heterocycles. The Hall–Kier alpha value is -1.38. The average Bonchev–Trinajstić information content (AvgIpc) is 2.14. The molecule has 0 amide bonds. The third-order valence-corrected chi connectivity index (χ3v) is 1.53. The summed E-state index contributed by atoms with van der Waals surface area (Å²) in [5.41, 5.74) is 0.495. The highest BCUT2D eigenvalue weighted by Gasteiger charge is 2.14. The molecule has 76 valence electrons. The highest BCUT2D eigenvalue weighted by molar-refractivity contribution is 5.88. The lowest BCUT2D eigenvalue weighted by atomic mass is 9.99. The Bertz CT molecular complexity index is 301. The van der Waals surface area contributed by atoms with E-state index >= 15 is 0 Å². The molecule has 0 aromatic carbocycles. The van der Waals surface area contributed by atoms with Gasteiger partial charge in [0, 0.05) is 12.4 Å². The third kappa shape index (κ3) is 3.56. The van der Waals surface area contributed by atoms with Gasteiger partial charge in [-0.25, -0.2) is 4.79 Å². The van der Waals surface area contributed by atoms with Gasteiger partial charge in [0.05, 0.1) is 12.2 Å². The lowest BCUT2D eigenvalue weighted by Gasteiger charge is -2.17. The Balaban J connectivity index is 2.52. The van der Waals surface area contributed by atoms with E-state index in [9.17, 15) is 4.79 Å². The van der Waals surface area contributed by atoms with Gasteiger partial charge in [-0.2, -0.15) is 0 Å². The van der Waals surface area contributed by atoms with Crippen LogP contribution in [0.4, 0.5) is 0 Å². The van der Waals surface area contributed by atoms with Gasteiger partial charge in [0.1, 0.15) is 0 Å². The van der Waals surface area contributed by atoms with Gasteiger partial charge >= 0.3 is 5.97 Å². The Morgan fingerprint density at radius 3 is 2.71 bits per heavy atom. The van der Waals surface area contributed by atoms with Gasteiger partial charge in [0.25, 0.3) is 0 Å². The van der Waals surface area contributed by atoms with Gasteiger partial charge in [-0.05, 0) is 17.5 Å². The fourth-order valence-electron chi connectivity index (χ4n) is 0.849. The fourth-order valence-corrected chi connectivity index (χ4v) is 0.849. The van der Waals surface area contributed by atoms with Crippen molar-refractivity contribution in [3.05, 3.63) is 30.1 Å². The summed E-state index contributed by atoms with van der Waals surface area (Å²) in [7, 11) is 0. The molecular formula is C11H15NO2. The minimum Gasteiger partial charge on any atom is -0.461 e. The number of nitrogens with zero attached hydrogens (tertiary/aromatic N) is 1. The van der Waals surface area contributed by atoms with Crippen molar-refractivity contribution in [3.8, 4) is 0 Å². The van der Waals surface area contributed by atoms with Crippen LogP contribution in [0.5, 0.6) is 0 Å². The predicted octanol–water partition coefficient (Wildman–Crippen LogP) is 2.28. The van der Waals surface area contributed by atoms with E-state index in [4.69, 9.17) is 4.74 Å². The predicted molar refractivity (Wildman–Crippen MR) is 54.0 cm³/mol. The van der Waals surface area contributed by atoms with Crippen LogP contribution >= 0.6 is 0 Å². The first-order valence-corrected chi connectivity index (χ1v) is 4.56. The summed E-state index contributed by atoms with van der Waals surface area (Å²) in [5, 5.41) is 0. The van der Waals surface area contributed by atoms with Crippen LogP contribution in [0.2, 0.25) is 0 Å². The van der Waals surface area contributed by atoms with Crippen LogP contribution in [0.25, 0.3) is 0 Å². The summed E-state index contributed by atoms with van der Waals surface area (Å²) < 4.78 is 5.11. The van der Waals surface area contributed by atoms with Crippen LogP contribution in [0.3, 0.4) is 0 Å². The monoisotopic (exact) mass is 193 g/mol. The lowest BCUT2D eigenvalue weighted by molar-refractivity contribution is 0.0366. The highest BCUT2D eigenvalue weighted by atomic mass is 16.5. The molecular weight excluding hydrogens is 178 g/mol. The SMILES string of the molecule is CC(C)(C)COC(=O)c1cccnc1. The van der Waals surface area contributed by atoms with Crippen molar-refractivity contribution >= 4 is 5.97 Å². The van der Waals surface area contributed by atoms with Gasteiger partial charge in [-0.15, -0.1) is 0 Å². The van der Waals surface area contributed by atoms with Crippen LogP contribution in [-0.4, -0.2) is 17.6 Å². The number of carbonyl (C=O) groups is 1. The standard InChI is InChI=1S/C11H15NO2/c1-11(2,3)8-14-10(13)9-5-4-6-12-7-9/h4-7H,8H2,1-3H3. The largest absolute Gasteiger partial charge is 0.461 e. The number of rotatable bonds is 2. The van der Waals surface area contributed by atoms with Crippen LogP contribution in [-0.2, 0) is 4.74 Å². The minimum absolute atomic E-state index is 0.00211. The number of ether oxygens (including phenoxy) is 1. The van der Waals surface area contributed by atoms with Gasteiger partial charge in [0.15, 0.2) is 0 Å². The van der Waals surface area contributed by atoms with Crippen molar-refractivity contribution in [3.63, 3.8) is 0 Å². The van der Waals surface area contributed by atoms with Crippen molar-refractivity contribution in [1.82, 2.24) is 4.98 Å². The molecule has 1 rings (SSSR count). The second-order valence-electron chi connectivity index (χ2n) is 4.38. The maximum absolute atomic E-state index is 11.4. The average molecular weight is 193 g/mol. The number of hydrogen-bond donors (Lipinski definition) is 0. The smallest absolute Gasteiger partial charge is 0.339 e. The zero-order chi connectivity index (χ0) is 10.6.